The fourth-order valence-corrected chi connectivity index (χ4v) is 2.35. The normalized spacial score (nSPS) is 10.9. The van der Waals surface area contributed by atoms with E-state index < -0.39 is 18.4 Å². The Hall–Kier alpha value is -3.04. The Bertz CT molecular complexity index is 857. The first-order chi connectivity index (χ1) is 11.9. The van der Waals surface area contributed by atoms with Crippen molar-refractivity contribution in [2.45, 2.75) is 0 Å². The van der Waals surface area contributed by atoms with Crippen molar-refractivity contribution in [3.05, 3.63) is 58.4 Å². The quantitative estimate of drug-likeness (QED) is 0.621. The van der Waals surface area contributed by atoms with Gasteiger partial charge in [0.2, 0.25) is 0 Å². The van der Waals surface area contributed by atoms with Crippen LogP contribution < -0.4 is 9.47 Å². The van der Waals surface area contributed by atoms with Gasteiger partial charge in [0, 0.05) is 0 Å². The molecule has 0 amide bonds. The topological polar surface area (TPSA) is 79.5 Å². The van der Waals surface area contributed by atoms with E-state index in [1.165, 1.54) is 37.4 Å². The number of carboxylic acids is 1. The molecule has 1 N–H and O–H groups in total. The summed E-state index contributed by atoms with van der Waals surface area (Å²) in [6.07, 6.45) is 1.56. The van der Waals surface area contributed by atoms with Gasteiger partial charge in [0.05, 0.1) is 23.8 Å². The van der Waals surface area contributed by atoms with Crippen molar-refractivity contribution in [1.82, 2.24) is 0 Å². The zero-order valence-electron chi connectivity index (χ0n) is 13.1. The molecule has 5 nitrogen and oxygen atoms in total. The van der Waals surface area contributed by atoms with Gasteiger partial charge in [-0.15, -0.1) is 0 Å². The van der Waals surface area contributed by atoms with Crippen LogP contribution in [0.4, 0.5) is 4.39 Å². The van der Waals surface area contributed by atoms with E-state index in [1.807, 2.05) is 6.07 Å². The molecule has 0 unspecified atom stereocenters. The lowest BCUT2D eigenvalue weighted by Gasteiger charge is -2.12. The summed E-state index contributed by atoms with van der Waals surface area (Å²) in [7, 11) is 1.39. The Morgan fingerprint density at radius 1 is 1.36 bits per heavy atom. The van der Waals surface area contributed by atoms with Crippen LogP contribution in [-0.2, 0) is 4.79 Å². The molecule has 7 heteroatoms. The summed E-state index contributed by atoms with van der Waals surface area (Å²) in [5.74, 6) is -1.21. The van der Waals surface area contributed by atoms with E-state index in [0.717, 1.165) is 0 Å². The van der Waals surface area contributed by atoms with E-state index in [9.17, 15) is 14.4 Å². The van der Waals surface area contributed by atoms with Crippen LogP contribution in [0.25, 0.3) is 11.6 Å². The smallest absolute Gasteiger partial charge is 0.341 e. The van der Waals surface area contributed by atoms with Crippen LogP contribution in [0.1, 0.15) is 11.1 Å². The molecule has 0 fully saturated rings. The molecule has 2 rings (SSSR count). The Morgan fingerprint density at radius 3 is 2.60 bits per heavy atom. The van der Waals surface area contributed by atoms with Crippen molar-refractivity contribution in [3.63, 3.8) is 0 Å². The SMILES string of the molecule is COc1cc(/C=C(\C#N)c2ccc(F)cc2)cc(Cl)c1OCC(=O)O. The van der Waals surface area contributed by atoms with Crippen LogP contribution >= 0.6 is 11.6 Å². The molecule has 0 aliphatic heterocycles. The van der Waals surface area contributed by atoms with E-state index in [0.29, 0.717) is 16.7 Å². The molecule has 0 bridgehead atoms. The van der Waals surface area contributed by atoms with Crippen molar-refractivity contribution >= 4 is 29.2 Å². The van der Waals surface area contributed by atoms with Crippen LogP contribution in [0.5, 0.6) is 11.5 Å². The summed E-state index contributed by atoms with van der Waals surface area (Å²) >= 11 is 6.13. The number of rotatable bonds is 6. The summed E-state index contributed by atoms with van der Waals surface area (Å²) in [5.41, 5.74) is 1.40. The minimum atomic E-state index is -1.15. The average molecular weight is 362 g/mol. The molecule has 0 aliphatic rings. The highest BCUT2D eigenvalue weighted by atomic mass is 35.5. The molecule has 0 radical (unpaired) electrons. The van der Waals surface area contributed by atoms with Gasteiger partial charge < -0.3 is 14.6 Å². The highest BCUT2D eigenvalue weighted by Crippen LogP contribution is 2.37. The van der Waals surface area contributed by atoms with Gasteiger partial charge in [-0.1, -0.05) is 23.7 Å². The number of halogens is 2. The maximum absolute atomic E-state index is 13.0. The second-order valence-electron chi connectivity index (χ2n) is 4.89. The lowest BCUT2D eigenvalue weighted by molar-refractivity contribution is -0.139. The second kappa shape index (κ2) is 8.18. The number of benzene rings is 2. The van der Waals surface area contributed by atoms with E-state index in [4.69, 9.17) is 26.2 Å². The molecule has 0 aromatic heterocycles. The summed E-state index contributed by atoms with van der Waals surface area (Å²) in [6.45, 7) is -0.565. The first-order valence-electron chi connectivity index (χ1n) is 7.04. The number of ether oxygens (including phenoxy) is 2. The monoisotopic (exact) mass is 361 g/mol. The van der Waals surface area contributed by atoms with Crippen LogP contribution in [-0.4, -0.2) is 24.8 Å². The average Bonchev–Trinajstić information content (AvgIpc) is 2.59. The van der Waals surface area contributed by atoms with Gasteiger partial charge in [0.1, 0.15) is 5.82 Å². The third-order valence-corrected chi connectivity index (χ3v) is 3.46. The molecule has 0 saturated carbocycles. The number of carboxylic acid groups (broad SMARTS) is 1. The molecule has 0 aliphatic carbocycles. The number of aliphatic carboxylic acids is 1. The van der Waals surface area contributed by atoms with Crippen molar-refractivity contribution in [2.24, 2.45) is 0 Å². The van der Waals surface area contributed by atoms with E-state index in [1.54, 1.807) is 12.1 Å². The third-order valence-electron chi connectivity index (χ3n) is 3.18. The molecular formula is C18H13ClFNO4. The maximum atomic E-state index is 13.0. The maximum Gasteiger partial charge on any atom is 0.341 e. The van der Waals surface area contributed by atoms with E-state index in [-0.39, 0.29) is 16.5 Å². The number of carbonyl (C=O) groups is 1. The Kier molecular flexibility index (Phi) is 5.98. The van der Waals surface area contributed by atoms with E-state index in [2.05, 4.69) is 0 Å². The van der Waals surface area contributed by atoms with Crippen molar-refractivity contribution < 1.29 is 23.8 Å². The lowest BCUT2D eigenvalue weighted by atomic mass is 10.0. The van der Waals surface area contributed by atoms with Gasteiger partial charge in [-0.25, -0.2) is 9.18 Å². The largest absolute Gasteiger partial charge is 0.493 e. The molecule has 0 atom stereocenters. The summed E-state index contributed by atoms with van der Waals surface area (Å²) < 4.78 is 23.3. The molecule has 0 heterocycles. The predicted octanol–water partition coefficient (Wildman–Crippen LogP) is 4.02. The Labute approximate surface area is 148 Å². The van der Waals surface area contributed by atoms with Gasteiger partial charge in [-0.2, -0.15) is 5.26 Å². The summed E-state index contributed by atoms with van der Waals surface area (Å²) in [5, 5.41) is 18.2. The van der Waals surface area contributed by atoms with Crippen LogP contribution in [0.2, 0.25) is 5.02 Å². The molecule has 2 aromatic rings. The predicted molar refractivity (Wildman–Crippen MR) is 91.0 cm³/mol. The lowest BCUT2D eigenvalue weighted by Crippen LogP contribution is -2.10. The summed E-state index contributed by atoms with van der Waals surface area (Å²) in [4.78, 5) is 10.6. The van der Waals surface area contributed by atoms with Crippen molar-refractivity contribution in [3.8, 4) is 17.6 Å². The zero-order chi connectivity index (χ0) is 18.4. The fraction of sp³-hybridized carbons (Fsp3) is 0.111. The molecule has 128 valence electrons. The first-order valence-corrected chi connectivity index (χ1v) is 7.42. The number of nitrogens with zero attached hydrogens (tertiary/aromatic N) is 1. The van der Waals surface area contributed by atoms with Crippen molar-refractivity contribution in [1.29, 1.82) is 5.26 Å². The first kappa shape index (κ1) is 18.3. The second-order valence-corrected chi connectivity index (χ2v) is 5.30. The van der Waals surface area contributed by atoms with Crippen LogP contribution in [0.3, 0.4) is 0 Å². The number of nitriles is 1. The highest BCUT2D eigenvalue weighted by Gasteiger charge is 2.13. The molecule has 2 aromatic carbocycles. The van der Waals surface area contributed by atoms with Gasteiger partial charge in [-0.3, -0.25) is 0 Å². The number of allylic oxidation sites excluding steroid dienone is 1. The van der Waals surface area contributed by atoms with Crippen LogP contribution in [0.15, 0.2) is 36.4 Å². The summed E-state index contributed by atoms with van der Waals surface area (Å²) in [6, 6.07) is 10.6. The molecular weight excluding hydrogens is 349 g/mol. The minimum absolute atomic E-state index is 0.101. The number of hydrogen-bond donors (Lipinski definition) is 1. The van der Waals surface area contributed by atoms with E-state index >= 15 is 0 Å². The zero-order valence-corrected chi connectivity index (χ0v) is 13.9. The van der Waals surface area contributed by atoms with Gasteiger partial charge >= 0.3 is 5.97 Å². The minimum Gasteiger partial charge on any atom is -0.493 e. The Balaban J connectivity index is 2.41. The highest BCUT2D eigenvalue weighted by molar-refractivity contribution is 6.32. The standard InChI is InChI=1S/C18H13ClFNO4/c1-24-16-8-11(7-15(19)18(16)25-10-17(22)23)6-13(9-21)12-2-4-14(20)5-3-12/h2-8H,10H2,1H3,(H,22,23)/b13-6+. The molecule has 25 heavy (non-hydrogen) atoms. The number of methoxy groups -OCH3 is 1. The Morgan fingerprint density at radius 2 is 2.04 bits per heavy atom. The van der Waals surface area contributed by atoms with Crippen molar-refractivity contribution in [2.75, 3.05) is 13.7 Å². The molecule has 0 spiro atoms. The number of hydrogen-bond acceptors (Lipinski definition) is 4. The van der Waals surface area contributed by atoms with Gasteiger partial charge in [0.15, 0.2) is 18.1 Å². The van der Waals surface area contributed by atoms with Gasteiger partial charge in [-0.05, 0) is 41.5 Å². The van der Waals surface area contributed by atoms with Crippen LogP contribution in [0, 0.1) is 17.1 Å². The fourth-order valence-electron chi connectivity index (χ4n) is 2.07. The third kappa shape index (κ3) is 4.72. The molecule has 0 saturated heterocycles. The van der Waals surface area contributed by atoms with Gasteiger partial charge in [0.25, 0.3) is 0 Å².